The summed E-state index contributed by atoms with van der Waals surface area (Å²) in [6.07, 6.45) is 39.3. The van der Waals surface area contributed by atoms with Gasteiger partial charge in [0, 0.05) is 12.8 Å². The van der Waals surface area contributed by atoms with Gasteiger partial charge in [-0.25, -0.2) is 0 Å². The summed E-state index contributed by atoms with van der Waals surface area (Å²) in [7, 11) is 2.26. The highest BCUT2D eigenvalue weighted by Gasteiger charge is 2.14. The molecule has 5 nitrogen and oxygen atoms in total. The summed E-state index contributed by atoms with van der Waals surface area (Å²) in [6.45, 7) is 9.72. The highest BCUT2D eigenvalue weighted by atomic mass is 16.5. The Balaban J connectivity index is 3.73. The van der Waals surface area contributed by atoms with Crippen molar-refractivity contribution in [2.24, 2.45) is 0 Å². The summed E-state index contributed by atoms with van der Waals surface area (Å²) in [4.78, 5) is 27.0. The number of carbonyl (C=O) groups excluding carboxylic acids is 2. The van der Waals surface area contributed by atoms with Gasteiger partial charge >= 0.3 is 11.9 Å². The third kappa shape index (κ3) is 36.2. The van der Waals surface area contributed by atoms with Crippen molar-refractivity contribution in [2.45, 2.75) is 239 Å². The van der Waals surface area contributed by atoms with E-state index >= 15 is 0 Å². The fourth-order valence-electron chi connectivity index (χ4n) is 6.60. The molecular formula is C43H85NO4. The summed E-state index contributed by atoms with van der Waals surface area (Å²) < 4.78 is 11.4. The molecule has 0 saturated heterocycles. The maximum absolute atomic E-state index is 12.6. The van der Waals surface area contributed by atoms with Crippen molar-refractivity contribution < 1.29 is 19.1 Å². The van der Waals surface area contributed by atoms with Gasteiger partial charge in [-0.05, 0) is 77.9 Å². The first-order valence-corrected chi connectivity index (χ1v) is 21.6. The molecule has 0 aliphatic heterocycles. The molecule has 0 aliphatic carbocycles. The minimum Gasteiger partial charge on any atom is -0.466 e. The van der Waals surface area contributed by atoms with Crippen LogP contribution in [0.2, 0.25) is 0 Å². The summed E-state index contributed by atoms with van der Waals surface area (Å²) in [5.74, 6) is 0.0369. The Labute approximate surface area is 300 Å². The van der Waals surface area contributed by atoms with Gasteiger partial charge in [-0.2, -0.15) is 0 Å². The van der Waals surface area contributed by atoms with Crippen LogP contribution in [0.3, 0.4) is 0 Å². The van der Waals surface area contributed by atoms with Crippen molar-refractivity contribution in [3.8, 4) is 0 Å². The van der Waals surface area contributed by atoms with Gasteiger partial charge < -0.3 is 14.4 Å². The third-order valence-electron chi connectivity index (χ3n) is 9.91. The van der Waals surface area contributed by atoms with E-state index in [1.54, 1.807) is 0 Å². The number of nitrogens with zero attached hydrogens (tertiary/aromatic N) is 1. The second-order valence-electron chi connectivity index (χ2n) is 14.9. The van der Waals surface area contributed by atoms with Gasteiger partial charge in [0.25, 0.3) is 0 Å². The van der Waals surface area contributed by atoms with Crippen LogP contribution >= 0.6 is 0 Å². The van der Waals surface area contributed by atoms with E-state index in [9.17, 15) is 9.59 Å². The normalized spacial score (nSPS) is 11.5. The maximum Gasteiger partial charge on any atom is 0.306 e. The van der Waals surface area contributed by atoms with Crippen LogP contribution in [0.4, 0.5) is 0 Å². The van der Waals surface area contributed by atoms with Gasteiger partial charge in [0.15, 0.2) is 0 Å². The zero-order valence-electron chi connectivity index (χ0n) is 33.1. The molecule has 0 rings (SSSR count). The van der Waals surface area contributed by atoms with E-state index in [4.69, 9.17) is 9.47 Å². The van der Waals surface area contributed by atoms with Gasteiger partial charge in [-0.15, -0.1) is 0 Å². The van der Waals surface area contributed by atoms with E-state index in [0.29, 0.717) is 19.4 Å². The van der Waals surface area contributed by atoms with Gasteiger partial charge in [0.05, 0.1) is 6.61 Å². The van der Waals surface area contributed by atoms with Crippen molar-refractivity contribution >= 4 is 11.9 Å². The lowest BCUT2D eigenvalue weighted by Gasteiger charge is -2.18. The first-order valence-electron chi connectivity index (χ1n) is 21.6. The Bertz CT molecular complexity index is 653. The summed E-state index contributed by atoms with van der Waals surface area (Å²) >= 11 is 0. The van der Waals surface area contributed by atoms with Crippen LogP contribution < -0.4 is 0 Å². The van der Waals surface area contributed by atoms with Gasteiger partial charge in [0.2, 0.25) is 0 Å². The molecule has 0 spiro atoms. The number of unbranched alkanes of at least 4 members (excludes halogenated alkanes) is 24. The lowest BCUT2D eigenvalue weighted by Crippen LogP contribution is -2.20. The molecule has 286 valence electrons. The Kier molecular flexibility index (Phi) is 37.8. The van der Waals surface area contributed by atoms with Crippen LogP contribution in [0.5, 0.6) is 0 Å². The van der Waals surface area contributed by atoms with E-state index in [1.165, 1.54) is 167 Å². The molecule has 48 heavy (non-hydrogen) atoms. The smallest absolute Gasteiger partial charge is 0.306 e. The zero-order chi connectivity index (χ0) is 35.2. The fourth-order valence-corrected chi connectivity index (χ4v) is 6.60. The number of esters is 2. The van der Waals surface area contributed by atoms with Gasteiger partial charge in [-0.3, -0.25) is 9.59 Å². The lowest BCUT2D eigenvalue weighted by molar-refractivity contribution is -0.150. The van der Waals surface area contributed by atoms with E-state index in [-0.39, 0.29) is 18.0 Å². The Morgan fingerprint density at radius 2 is 0.792 bits per heavy atom. The van der Waals surface area contributed by atoms with Crippen LogP contribution in [-0.4, -0.2) is 49.7 Å². The first-order chi connectivity index (χ1) is 23.5. The Hall–Kier alpha value is -1.10. The second kappa shape index (κ2) is 38.7. The average Bonchev–Trinajstić information content (AvgIpc) is 3.08. The molecule has 0 heterocycles. The largest absolute Gasteiger partial charge is 0.466 e. The molecule has 0 aromatic carbocycles. The van der Waals surface area contributed by atoms with Crippen molar-refractivity contribution in [1.29, 1.82) is 0 Å². The molecule has 0 atom stereocenters. The van der Waals surface area contributed by atoms with Crippen LogP contribution in [0, 0.1) is 0 Å². The van der Waals surface area contributed by atoms with Crippen LogP contribution in [0.1, 0.15) is 233 Å². The topological polar surface area (TPSA) is 55.8 Å². The van der Waals surface area contributed by atoms with Gasteiger partial charge in [-0.1, -0.05) is 162 Å². The molecular weight excluding hydrogens is 594 g/mol. The molecule has 0 radical (unpaired) electrons. The summed E-state index contributed by atoms with van der Waals surface area (Å²) in [5, 5.41) is 0. The van der Waals surface area contributed by atoms with E-state index in [1.807, 2.05) is 0 Å². The van der Waals surface area contributed by atoms with Crippen molar-refractivity contribution in [1.82, 2.24) is 4.90 Å². The molecule has 0 unspecified atom stereocenters. The maximum atomic E-state index is 12.6. The minimum atomic E-state index is -0.00499. The standard InChI is InChI=1S/C43H85NO4/c1-5-8-11-14-20-27-34-41(35-28-21-15-12-9-6-2)48-43(46)37-30-23-19-25-32-39-44(4)38-31-24-18-16-17-22-29-36-42(45)47-40-33-26-13-10-7-3/h41H,5-40H2,1-4H3. The molecule has 5 heteroatoms. The predicted molar refractivity (Wildman–Crippen MR) is 208 cm³/mol. The number of rotatable bonds is 39. The number of hydrogen-bond acceptors (Lipinski definition) is 5. The monoisotopic (exact) mass is 680 g/mol. The van der Waals surface area contributed by atoms with Crippen LogP contribution in [0.15, 0.2) is 0 Å². The predicted octanol–water partition coefficient (Wildman–Crippen LogP) is 13.3. The third-order valence-corrected chi connectivity index (χ3v) is 9.91. The fraction of sp³-hybridized carbons (Fsp3) is 0.953. The molecule has 0 aromatic heterocycles. The van der Waals surface area contributed by atoms with Gasteiger partial charge in [0.1, 0.15) is 6.10 Å². The first kappa shape index (κ1) is 46.9. The molecule has 0 aromatic rings. The van der Waals surface area contributed by atoms with Crippen molar-refractivity contribution in [2.75, 3.05) is 26.7 Å². The lowest BCUT2D eigenvalue weighted by atomic mass is 10.0. The quantitative estimate of drug-likeness (QED) is 0.0478. The van der Waals surface area contributed by atoms with Crippen LogP contribution in [0.25, 0.3) is 0 Å². The van der Waals surface area contributed by atoms with E-state index in [0.717, 1.165) is 44.9 Å². The highest BCUT2D eigenvalue weighted by molar-refractivity contribution is 5.69. The molecule has 0 aliphatic rings. The van der Waals surface area contributed by atoms with E-state index < -0.39 is 0 Å². The van der Waals surface area contributed by atoms with Crippen LogP contribution in [-0.2, 0) is 19.1 Å². The number of hydrogen-bond donors (Lipinski definition) is 0. The molecule has 0 amide bonds. The summed E-state index contributed by atoms with van der Waals surface area (Å²) in [5.41, 5.74) is 0. The Morgan fingerprint density at radius 1 is 0.438 bits per heavy atom. The van der Waals surface area contributed by atoms with E-state index in [2.05, 4.69) is 32.7 Å². The molecule has 0 saturated carbocycles. The Morgan fingerprint density at radius 3 is 1.25 bits per heavy atom. The second-order valence-corrected chi connectivity index (χ2v) is 14.9. The molecule has 0 bridgehead atoms. The molecule has 0 fully saturated rings. The SMILES string of the molecule is CCCCCCCCC(CCCCCCCC)OC(=O)CCCCCCCN(C)CCCCCCCCCC(=O)OCCCCCCC. The number of ether oxygens (including phenoxy) is 2. The zero-order valence-corrected chi connectivity index (χ0v) is 33.1. The number of carbonyl (C=O) groups is 2. The average molecular weight is 680 g/mol. The molecule has 0 N–H and O–H groups in total. The minimum absolute atomic E-state index is 0.00499. The summed E-state index contributed by atoms with van der Waals surface area (Å²) in [6, 6.07) is 0. The highest BCUT2D eigenvalue weighted by Crippen LogP contribution is 2.18. The van der Waals surface area contributed by atoms with Crippen molar-refractivity contribution in [3.63, 3.8) is 0 Å². The van der Waals surface area contributed by atoms with Crippen molar-refractivity contribution in [3.05, 3.63) is 0 Å².